The van der Waals surface area contributed by atoms with E-state index in [1.807, 2.05) is 0 Å². The molecule has 0 saturated carbocycles. The van der Waals surface area contributed by atoms with Crippen LogP contribution in [-0.4, -0.2) is 60.0 Å². The molecule has 0 spiro atoms. The van der Waals surface area contributed by atoms with Crippen LogP contribution in [-0.2, 0) is 4.74 Å². The lowest BCUT2D eigenvalue weighted by Gasteiger charge is -2.35. The first kappa shape index (κ1) is 20.6. The Labute approximate surface area is 179 Å². The topological polar surface area (TPSA) is 65.5 Å². The summed E-state index contributed by atoms with van der Waals surface area (Å²) in [4.78, 5) is 14.5. The van der Waals surface area contributed by atoms with Gasteiger partial charge >= 0.3 is 0 Å². The van der Waals surface area contributed by atoms with Crippen LogP contribution in [0.4, 0.5) is 17.6 Å². The van der Waals surface area contributed by atoms with Crippen molar-refractivity contribution in [2.45, 2.75) is 70.4 Å². The maximum absolute atomic E-state index is 5.67. The standard InChI is InChI=1S/C21H34N6OS/c1-16-8-3-6-12-27(16)19-14-18(26-10-4-2-5-11-26)23-20(24-19)25-21(29)22-15-17-9-7-13-28-17/h14,16-17H,2-13,15H2,1H3,(H2,22,23,24,25,29)/t16-,17-/m0/s1. The number of ether oxygens (including phenoxy) is 1. The van der Waals surface area contributed by atoms with Crippen molar-refractivity contribution in [1.29, 1.82) is 0 Å². The number of nitrogens with one attached hydrogen (secondary N) is 2. The first-order chi connectivity index (χ1) is 14.2. The predicted molar refractivity (Wildman–Crippen MR) is 122 cm³/mol. The van der Waals surface area contributed by atoms with Crippen LogP contribution in [0.3, 0.4) is 0 Å². The molecule has 3 aliphatic heterocycles. The zero-order valence-electron chi connectivity index (χ0n) is 17.5. The third-order valence-electron chi connectivity index (χ3n) is 6.22. The number of hydrogen-bond acceptors (Lipinski definition) is 6. The Bertz CT molecular complexity index is 690. The molecule has 3 aliphatic rings. The van der Waals surface area contributed by atoms with Gasteiger partial charge in [-0.2, -0.15) is 9.97 Å². The second kappa shape index (κ2) is 9.89. The minimum Gasteiger partial charge on any atom is -0.376 e. The Morgan fingerprint density at radius 1 is 1.07 bits per heavy atom. The van der Waals surface area contributed by atoms with Gasteiger partial charge in [-0.05, 0) is 70.5 Å². The number of rotatable bonds is 5. The molecule has 0 unspecified atom stereocenters. The number of hydrogen-bond donors (Lipinski definition) is 2. The van der Waals surface area contributed by atoms with E-state index in [9.17, 15) is 0 Å². The van der Waals surface area contributed by atoms with E-state index in [1.165, 1.54) is 38.5 Å². The molecule has 0 aliphatic carbocycles. The molecular formula is C21H34N6OS. The molecule has 2 N–H and O–H groups in total. The Morgan fingerprint density at radius 2 is 1.86 bits per heavy atom. The van der Waals surface area contributed by atoms with E-state index >= 15 is 0 Å². The number of nitrogens with zero attached hydrogens (tertiary/aromatic N) is 4. The van der Waals surface area contributed by atoms with Crippen LogP contribution >= 0.6 is 12.2 Å². The first-order valence-electron chi connectivity index (χ1n) is 11.3. The normalized spacial score (nSPS) is 25.1. The molecule has 1 aromatic rings. The van der Waals surface area contributed by atoms with Gasteiger partial charge in [-0.3, -0.25) is 0 Å². The smallest absolute Gasteiger partial charge is 0.232 e. The molecule has 8 heteroatoms. The largest absolute Gasteiger partial charge is 0.376 e. The van der Waals surface area contributed by atoms with Crippen molar-refractivity contribution in [3.8, 4) is 0 Å². The zero-order valence-corrected chi connectivity index (χ0v) is 18.3. The summed E-state index contributed by atoms with van der Waals surface area (Å²) >= 11 is 5.51. The van der Waals surface area contributed by atoms with Crippen LogP contribution in [0.2, 0.25) is 0 Å². The van der Waals surface area contributed by atoms with Gasteiger partial charge in [0.05, 0.1) is 6.10 Å². The minimum atomic E-state index is 0.250. The third-order valence-corrected chi connectivity index (χ3v) is 6.46. The van der Waals surface area contributed by atoms with Crippen molar-refractivity contribution in [2.75, 3.05) is 47.9 Å². The van der Waals surface area contributed by atoms with Gasteiger partial charge in [0.1, 0.15) is 11.6 Å². The molecule has 2 atom stereocenters. The van der Waals surface area contributed by atoms with Gasteiger partial charge in [-0.25, -0.2) is 0 Å². The third kappa shape index (κ3) is 5.48. The Morgan fingerprint density at radius 3 is 2.62 bits per heavy atom. The molecule has 0 aromatic carbocycles. The minimum absolute atomic E-state index is 0.250. The number of piperidine rings is 2. The zero-order chi connectivity index (χ0) is 20.1. The highest BCUT2D eigenvalue weighted by atomic mass is 32.1. The van der Waals surface area contributed by atoms with Crippen molar-refractivity contribution in [1.82, 2.24) is 15.3 Å². The fraction of sp³-hybridized carbons (Fsp3) is 0.762. The molecule has 3 fully saturated rings. The van der Waals surface area contributed by atoms with Crippen LogP contribution < -0.4 is 20.4 Å². The Hall–Kier alpha value is -1.67. The van der Waals surface area contributed by atoms with Crippen molar-refractivity contribution >= 4 is 34.9 Å². The number of thiocarbonyl (C=S) groups is 1. The molecule has 0 bridgehead atoms. The van der Waals surface area contributed by atoms with Crippen molar-refractivity contribution in [2.24, 2.45) is 0 Å². The van der Waals surface area contributed by atoms with E-state index in [2.05, 4.69) is 33.4 Å². The number of anilines is 3. The monoisotopic (exact) mass is 418 g/mol. The summed E-state index contributed by atoms with van der Waals surface area (Å²) in [6, 6.07) is 2.67. The summed E-state index contributed by atoms with van der Waals surface area (Å²) in [6.45, 7) is 7.06. The molecular weight excluding hydrogens is 384 g/mol. The second-order valence-electron chi connectivity index (χ2n) is 8.46. The van der Waals surface area contributed by atoms with E-state index in [1.54, 1.807) is 0 Å². The average molecular weight is 419 g/mol. The van der Waals surface area contributed by atoms with E-state index in [0.717, 1.165) is 57.3 Å². The summed E-state index contributed by atoms with van der Waals surface area (Å²) in [5, 5.41) is 7.06. The fourth-order valence-corrected chi connectivity index (χ4v) is 4.68. The second-order valence-corrected chi connectivity index (χ2v) is 8.87. The van der Waals surface area contributed by atoms with Gasteiger partial charge in [0.15, 0.2) is 5.11 Å². The van der Waals surface area contributed by atoms with Gasteiger partial charge in [-0.1, -0.05) is 0 Å². The summed E-state index contributed by atoms with van der Waals surface area (Å²) < 4.78 is 5.67. The van der Waals surface area contributed by atoms with Crippen LogP contribution in [0.5, 0.6) is 0 Å². The first-order valence-corrected chi connectivity index (χ1v) is 11.7. The lowest BCUT2D eigenvalue weighted by atomic mass is 10.0. The van der Waals surface area contributed by atoms with Crippen LogP contribution in [0.15, 0.2) is 6.07 Å². The summed E-state index contributed by atoms with van der Waals surface area (Å²) in [6.07, 6.45) is 9.96. The van der Waals surface area contributed by atoms with Crippen molar-refractivity contribution < 1.29 is 4.74 Å². The van der Waals surface area contributed by atoms with Gasteiger partial charge in [0, 0.05) is 44.9 Å². The van der Waals surface area contributed by atoms with E-state index < -0.39 is 0 Å². The quantitative estimate of drug-likeness (QED) is 0.706. The SMILES string of the molecule is C[C@H]1CCCCN1c1cc(N2CCCCC2)nc(NC(=S)NC[C@@H]2CCCO2)n1. The molecule has 29 heavy (non-hydrogen) atoms. The molecule has 4 heterocycles. The van der Waals surface area contributed by atoms with Gasteiger partial charge < -0.3 is 25.2 Å². The molecule has 0 radical (unpaired) electrons. The maximum Gasteiger partial charge on any atom is 0.232 e. The molecule has 1 aromatic heterocycles. The molecule has 7 nitrogen and oxygen atoms in total. The molecule has 0 amide bonds. The average Bonchev–Trinajstić information content (AvgIpc) is 3.27. The van der Waals surface area contributed by atoms with E-state index in [4.69, 9.17) is 26.9 Å². The van der Waals surface area contributed by atoms with Crippen molar-refractivity contribution in [3.63, 3.8) is 0 Å². The van der Waals surface area contributed by atoms with Gasteiger partial charge in [-0.15, -0.1) is 0 Å². The predicted octanol–water partition coefficient (Wildman–Crippen LogP) is 3.31. The summed E-state index contributed by atoms with van der Waals surface area (Å²) in [5.41, 5.74) is 0. The molecule has 4 rings (SSSR count). The summed E-state index contributed by atoms with van der Waals surface area (Å²) in [7, 11) is 0. The summed E-state index contributed by atoms with van der Waals surface area (Å²) in [5.74, 6) is 2.61. The Kier molecular flexibility index (Phi) is 7.02. The van der Waals surface area contributed by atoms with Crippen molar-refractivity contribution in [3.05, 3.63) is 6.07 Å². The Balaban J connectivity index is 1.49. The highest BCUT2D eigenvalue weighted by molar-refractivity contribution is 7.80. The van der Waals surface area contributed by atoms with Gasteiger partial charge in [0.25, 0.3) is 0 Å². The lowest BCUT2D eigenvalue weighted by molar-refractivity contribution is 0.114. The maximum atomic E-state index is 5.67. The van der Waals surface area contributed by atoms with E-state index in [-0.39, 0.29) is 6.10 Å². The van der Waals surface area contributed by atoms with E-state index in [0.29, 0.717) is 17.1 Å². The van der Waals surface area contributed by atoms with Gasteiger partial charge in [0.2, 0.25) is 5.95 Å². The highest BCUT2D eigenvalue weighted by Gasteiger charge is 2.23. The van der Waals surface area contributed by atoms with Crippen LogP contribution in [0, 0.1) is 0 Å². The fourth-order valence-electron chi connectivity index (χ4n) is 4.51. The highest BCUT2D eigenvalue weighted by Crippen LogP contribution is 2.28. The van der Waals surface area contributed by atoms with Crippen LogP contribution in [0.25, 0.3) is 0 Å². The lowest BCUT2D eigenvalue weighted by Crippen LogP contribution is -2.39. The molecule has 3 saturated heterocycles. The number of aromatic nitrogens is 2. The van der Waals surface area contributed by atoms with Crippen LogP contribution in [0.1, 0.15) is 58.3 Å². The molecule has 160 valence electrons.